The topological polar surface area (TPSA) is 29.5 Å². The SMILES string of the molecule is c1ccc(C2(c3ccccc3)c3ccccc3-c3ccc(N(c4ccc(-c5cccc6c5oc5ccccc56)cc4)c4ccc5c(oc6ccccc65)c4C4(c5ccccc5)c5ccccc5-c5ccccc54)cc32)cc1. The van der Waals surface area contributed by atoms with E-state index < -0.39 is 10.8 Å². The zero-order valence-electron chi connectivity index (χ0n) is 41.9. The molecule has 0 saturated carbocycles. The average molecular weight is 982 g/mol. The van der Waals surface area contributed by atoms with Crippen molar-refractivity contribution in [1.82, 2.24) is 0 Å². The van der Waals surface area contributed by atoms with Crippen molar-refractivity contribution in [2.45, 2.75) is 10.8 Å². The standard InChI is InChI=1S/C74H47NO2/c1-4-21-49(22-5-1)73(50-23-6-2-7-24-50)63-34-15-10-29-57(63)58-44-43-53(47-66(58)73)75(52-41-39-48(40-42-52)54-32-20-33-61-59-30-13-18-37-68(59)76-71(54)61)67-46-45-62-60-31-14-19-38-69(60)77-72(62)70(67)74(51-25-8-3-9-26-51)64-35-16-11-27-55(64)56-28-12-17-36-65(56)74/h1-47H. The molecule has 2 aliphatic rings. The molecule has 0 spiro atoms. The molecule has 0 radical (unpaired) electrons. The van der Waals surface area contributed by atoms with Gasteiger partial charge in [-0.25, -0.2) is 0 Å². The van der Waals surface area contributed by atoms with E-state index in [0.29, 0.717) is 0 Å². The van der Waals surface area contributed by atoms with Crippen LogP contribution in [0.4, 0.5) is 17.1 Å². The molecule has 12 aromatic carbocycles. The van der Waals surface area contributed by atoms with Gasteiger partial charge in [-0.3, -0.25) is 0 Å². The Morgan fingerprint density at radius 3 is 1.29 bits per heavy atom. The molecule has 0 bridgehead atoms. The normalized spacial score (nSPS) is 13.7. The first-order valence-electron chi connectivity index (χ1n) is 26.6. The molecule has 0 fully saturated rings. The van der Waals surface area contributed by atoms with Gasteiger partial charge in [0, 0.05) is 44.0 Å². The molecular formula is C74H47NO2. The predicted molar refractivity (Wildman–Crippen MR) is 316 cm³/mol. The number of anilines is 3. The first kappa shape index (κ1) is 43.4. The third-order valence-corrected chi connectivity index (χ3v) is 16.8. The molecule has 2 aliphatic carbocycles. The number of nitrogens with zero attached hydrogens (tertiary/aromatic N) is 1. The van der Waals surface area contributed by atoms with Gasteiger partial charge in [0.25, 0.3) is 0 Å². The summed E-state index contributed by atoms with van der Waals surface area (Å²) in [7, 11) is 0. The number of hydrogen-bond donors (Lipinski definition) is 0. The van der Waals surface area contributed by atoms with Crippen LogP contribution in [0.15, 0.2) is 294 Å². The molecule has 0 aliphatic heterocycles. The van der Waals surface area contributed by atoms with Crippen LogP contribution in [0.5, 0.6) is 0 Å². The van der Waals surface area contributed by atoms with E-state index >= 15 is 0 Å². The second-order valence-corrected chi connectivity index (χ2v) is 20.6. The maximum absolute atomic E-state index is 7.41. The fraction of sp³-hybridized carbons (Fsp3) is 0.0270. The average Bonchev–Trinajstić information content (AvgIpc) is 4.19. The van der Waals surface area contributed by atoms with Crippen LogP contribution >= 0.6 is 0 Å². The van der Waals surface area contributed by atoms with Crippen LogP contribution in [0.2, 0.25) is 0 Å². The van der Waals surface area contributed by atoms with E-state index in [-0.39, 0.29) is 0 Å². The largest absolute Gasteiger partial charge is 0.456 e. The second-order valence-electron chi connectivity index (χ2n) is 20.6. The number of fused-ring (bicyclic) bond motifs is 12. The van der Waals surface area contributed by atoms with Crippen molar-refractivity contribution in [1.29, 1.82) is 0 Å². The Bertz CT molecular complexity index is 4540. The fourth-order valence-electron chi connectivity index (χ4n) is 13.7. The number of para-hydroxylation sites is 3. The van der Waals surface area contributed by atoms with Crippen LogP contribution in [0.25, 0.3) is 77.3 Å². The minimum Gasteiger partial charge on any atom is -0.456 e. The summed E-state index contributed by atoms with van der Waals surface area (Å²) in [5, 5.41) is 4.38. The summed E-state index contributed by atoms with van der Waals surface area (Å²) >= 11 is 0. The highest BCUT2D eigenvalue weighted by molar-refractivity contribution is 6.11. The molecular weight excluding hydrogens is 935 g/mol. The summed E-state index contributed by atoms with van der Waals surface area (Å²) in [5.74, 6) is 0. The van der Waals surface area contributed by atoms with Crippen LogP contribution in [-0.2, 0) is 10.8 Å². The minimum absolute atomic E-state index is 0.620. The van der Waals surface area contributed by atoms with Crippen molar-refractivity contribution in [2.24, 2.45) is 0 Å². The zero-order valence-corrected chi connectivity index (χ0v) is 41.9. The fourth-order valence-corrected chi connectivity index (χ4v) is 13.7. The van der Waals surface area contributed by atoms with E-state index in [2.05, 4.69) is 284 Å². The summed E-state index contributed by atoms with van der Waals surface area (Å²) in [5.41, 5.74) is 21.7. The van der Waals surface area contributed by atoms with Crippen molar-refractivity contribution in [3.63, 3.8) is 0 Å². The van der Waals surface area contributed by atoms with Gasteiger partial charge in [0.15, 0.2) is 0 Å². The highest BCUT2D eigenvalue weighted by Gasteiger charge is 2.51. The number of benzene rings is 12. The minimum atomic E-state index is -0.822. The lowest BCUT2D eigenvalue weighted by Gasteiger charge is -2.39. The van der Waals surface area contributed by atoms with Crippen molar-refractivity contribution in [2.75, 3.05) is 4.90 Å². The van der Waals surface area contributed by atoms with Gasteiger partial charge in [0.05, 0.1) is 16.5 Å². The quantitative estimate of drug-likeness (QED) is 0.152. The lowest BCUT2D eigenvalue weighted by atomic mass is 9.66. The van der Waals surface area contributed by atoms with E-state index in [1.165, 1.54) is 55.6 Å². The molecule has 2 heterocycles. The van der Waals surface area contributed by atoms with Crippen molar-refractivity contribution < 1.29 is 8.83 Å². The van der Waals surface area contributed by atoms with Gasteiger partial charge in [-0.2, -0.15) is 0 Å². The third kappa shape index (κ3) is 6.08. The van der Waals surface area contributed by atoms with Gasteiger partial charge in [-0.15, -0.1) is 0 Å². The Kier molecular flexibility index (Phi) is 9.47. The zero-order chi connectivity index (χ0) is 50.7. The first-order valence-corrected chi connectivity index (χ1v) is 26.6. The Hall–Kier alpha value is -9.96. The predicted octanol–water partition coefficient (Wildman–Crippen LogP) is 19.3. The van der Waals surface area contributed by atoms with E-state index in [0.717, 1.165) is 83.2 Å². The molecule has 0 amide bonds. The third-order valence-electron chi connectivity index (χ3n) is 16.8. The molecule has 16 rings (SSSR count). The molecule has 0 N–H and O–H groups in total. The Balaban J connectivity index is 1.03. The van der Waals surface area contributed by atoms with E-state index in [9.17, 15) is 0 Å². The molecule has 14 aromatic rings. The summed E-state index contributed by atoms with van der Waals surface area (Å²) < 4.78 is 14.1. The van der Waals surface area contributed by atoms with E-state index in [4.69, 9.17) is 8.83 Å². The maximum atomic E-state index is 7.41. The lowest BCUT2D eigenvalue weighted by Crippen LogP contribution is -2.31. The summed E-state index contributed by atoms with van der Waals surface area (Å²) in [6, 6.07) is 105. The van der Waals surface area contributed by atoms with Crippen molar-refractivity contribution >= 4 is 60.9 Å². The van der Waals surface area contributed by atoms with Crippen LogP contribution in [0.1, 0.15) is 44.5 Å². The Morgan fingerprint density at radius 1 is 0.273 bits per heavy atom. The summed E-state index contributed by atoms with van der Waals surface area (Å²) in [6.07, 6.45) is 0. The smallest absolute Gasteiger partial charge is 0.143 e. The monoisotopic (exact) mass is 981 g/mol. The van der Waals surface area contributed by atoms with E-state index in [1.807, 2.05) is 6.07 Å². The molecule has 0 atom stereocenters. The molecule has 2 aromatic heterocycles. The van der Waals surface area contributed by atoms with Crippen LogP contribution in [0.3, 0.4) is 0 Å². The van der Waals surface area contributed by atoms with Crippen LogP contribution in [0, 0.1) is 0 Å². The van der Waals surface area contributed by atoms with Gasteiger partial charge < -0.3 is 13.7 Å². The van der Waals surface area contributed by atoms with Crippen LogP contribution in [-0.4, -0.2) is 0 Å². The van der Waals surface area contributed by atoms with Gasteiger partial charge in [0.1, 0.15) is 22.3 Å². The van der Waals surface area contributed by atoms with Gasteiger partial charge in [-0.05, 0) is 115 Å². The van der Waals surface area contributed by atoms with E-state index in [1.54, 1.807) is 0 Å². The van der Waals surface area contributed by atoms with Gasteiger partial charge in [0.2, 0.25) is 0 Å². The molecule has 3 nitrogen and oxygen atoms in total. The Labute approximate surface area is 446 Å². The highest BCUT2D eigenvalue weighted by atomic mass is 16.3. The lowest BCUT2D eigenvalue weighted by molar-refractivity contribution is 0.648. The summed E-state index contributed by atoms with van der Waals surface area (Å²) in [6.45, 7) is 0. The van der Waals surface area contributed by atoms with Crippen LogP contribution < -0.4 is 4.90 Å². The van der Waals surface area contributed by atoms with Crippen molar-refractivity contribution in [3.05, 3.63) is 330 Å². The molecule has 3 heteroatoms. The molecule has 0 saturated heterocycles. The second kappa shape index (κ2) is 16.8. The van der Waals surface area contributed by atoms with Gasteiger partial charge >= 0.3 is 0 Å². The highest BCUT2D eigenvalue weighted by Crippen LogP contribution is 2.62. The maximum Gasteiger partial charge on any atom is 0.143 e. The molecule has 360 valence electrons. The Morgan fingerprint density at radius 2 is 0.701 bits per heavy atom. The summed E-state index contributed by atoms with van der Waals surface area (Å²) in [4.78, 5) is 2.51. The number of rotatable bonds is 8. The first-order chi connectivity index (χ1) is 38.2. The number of furan rings is 2. The van der Waals surface area contributed by atoms with Crippen molar-refractivity contribution in [3.8, 4) is 33.4 Å². The molecule has 77 heavy (non-hydrogen) atoms. The molecule has 0 unspecified atom stereocenters. The number of hydrogen-bond acceptors (Lipinski definition) is 3. The van der Waals surface area contributed by atoms with Gasteiger partial charge in [-0.1, -0.05) is 237 Å².